The maximum atomic E-state index is 11.9. The van der Waals surface area contributed by atoms with Crippen molar-refractivity contribution in [2.24, 2.45) is 0 Å². The minimum Gasteiger partial charge on any atom is -0.471 e. The Morgan fingerprint density at radius 1 is 1.26 bits per heavy atom. The van der Waals surface area contributed by atoms with Crippen molar-refractivity contribution in [2.75, 3.05) is 6.61 Å². The number of aromatic amines is 1. The maximum Gasteiger partial charge on any atom is 0.342 e. The van der Waals surface area contributed by atoms with Crippen LogP contribution in [-0.4, -0.2) is 17.6 Å². The molecule has 0 aliphatic carbocycles. The summed E-state index contributed by atoms with van der Waals surface area (Å²) < 4.78 is 10.2. The molecule has 0 radical (unpaired) electrons. The molecule has 0 bridgehead atoms. The molecule has 2 aromatic heterocycles. The van der Waals surface area contributed by atoms with Gasteiger partial charge in [0.25, 0.3) is 0 Å². The van der Waals surface area contributed by atoms with Gasteiger partial charge in [-0.3, -0.25) is 0 Å². The number of aromatic nitrogens is 1. The molecule has 19 heavy (non-hydrogen) atoms. The van der Waals surface area contributed by atoms with Crippen LogP contribution in [0.3, 0.4) is 0 Å². The summed E-state index contributed by atoms with van der Waals surface area (Å²) in [5, 5.41) is 1.05. The Morgan fingerprint density at radius 3 is 2.95 bits per heavy atom. The number of H-pyrrole nitrogens is 1. The molecule has 0 unspecified atom stereocenters. The van der Waals surface area contributed by atoms with Gasteiger partial charge in [0.1, 0.15) is 11.8 Å². The Hall–Kier alpha value is -2.49. The van der Waals surface area contributed by atoms with Crippen LogP contribution in [0.25, 0.3) is 22.0 Å². The number of benzene rings is 1. The van der Waals surface area contributed by atoms with E-state index in [9.17, 15) is 4.79 Å². The van der Waals surface area contributed by atoms with Crippen molar-refractivity contribution < 1.29 is 13.9 Å². The lowest BCUT2D eigenvalue weighted by Crippen LogP contribution is -2.04. The molecule has 3 rings (SSSR count). The van der Waals surface area contributed by atoms with Gasteiger partial charge < -0.3 is 14.1 Å². The van der Waals surface area contributed by atoms with Gasteiger partial charge in [0.2, 0.25) is 0 Å². The average molecular weight is 255 g/mol. The molecule has 0 atom stereocenters. The van der Waals surface area contributed by atoms with E-state index in [-0.39, 0.29) is 5.97 Å². The number of rotatable bonds is 3. The van der Waals surface area contributed by atoms with E-state index in [1.165, 1.54) is 6.26 Å². The average Bonchev–Trinajstić information content (AvgIpc) is 3.05. The van der Waals surface area contributed by atoms with Gasteiger partial charge in [-0.1, -0.05) is 18.2 Å². The largest absolute Gasteiger partial charge is 0.471 e. The van der Waals surface area contributed by atoms with Gasteiger partial charge in [-0.25, -0.2) is 4.79 Å². The van der Waals surface area contributed by atoms with Crippen molar-refractivity contribution >= 4 is 16.9 Å². The zero-order valence-electron chi connectivity index (χ0n) is 10.5. The van der Waals surface area contributed by atoms with Crippen LogP contribution >= 0.6 is 0 Å². The maximum absolute atomic E-state index is 11.9. The lowest BCUT2D eigenvalue weighted by Gasteiger charge is -2.01. The molecular formula is C15H13NO3. The number of fused-ring (bicyclic) bond motifs is 1. The van der Waals surface area contributed by atoms with Gasteiger partial charge in [-0.05, 0) is 13.0 Å². The topological polar surface area (TPSA) is 55.2 Å². The zero-order valence-corrected chi connectivity index (χ0v) is 10.5. The van der Waals surface area contributed by atoms with E-state index >= 15 is 0 Å². The summed E-state index contributed by atoms with van der Waals surface area (Å²) in [7, 11) is 0. The predicted molar refractivity (Wildman–Crippen MR) is 72.0 cm³/mol. The molecule has 0 spiro atoms. The molecule has 96 valence electrons. The van der Waals surface area contributed by atoms with Gasteiger partial charge in [-0.15, -0.1) is 0 Å². The van der Waals surface area contributed by atoms with Crippen molar-refractivity contribution in [3.05, 3.63) is 48.6 Å². The second-order valence-electron chi connectivity index (χ2n) is 4.17. The minimum absolute atomic E-state index is 0.345. The number of carbonyl (C=O) groups is 1. The highest BCUT2D eigenvalue weighted by Crippen LogP contribution is 2.32. The minimum atomic E-state index is -0.364. The number of ether oxygens (including phenoxy) is 1. The van der Waals surface area contributed by atoms with Gasteiger partial charge in [0.05, 0.1) is 12.9 Å². The number of furan rings is 1. The van der Waals surface area contributed by atoms with E-state index in [1.807, 2.05) is 30.5 Å². The van der Waals surface area contributed by atoms with Crippen molar-refractivity contribution in [1.29, 1.82) is 0 Å². The highest BCUT2D eigenvalue weighted by molar-refractivity contribution is 6.03. The third kappa shape index (κ3) is 1.91. The third-order valence-corrected chi connectivity index (χ3v) is 3.04. The SMILES string of the molecule is CCOC(=O)c1cocc1-c1c[nH]c2ccccc12. The summed E-state index contributed by atoms with van der Waals surface area (Å²) in [6.07, 6.45) is 4.87. The van der Waals surface area contributed by atoms with Gasteiger partial charge in [0.15, 0.2) is 0 Å². The molecule has 1 N–H and O–H groups in total. The second-order valence-corrected chi connectivity index (χ2v) is 4.17. The van der Waals surface area contributed by atoms with Crippen LogP contribution in [0.1, 0.15) is 17.3 Å². The molecular weight excluding hydrogens is 242 g/mol. The summed E-state index contributed by atoms with van der Waals surface area (Å²) in [6, 6.07) is 7.92. The van der Waals surface area contributed by atoms with Gasteiger partial charge in [-0.2, -0.15) is 0 Å². The summed E-state index contributed by atoms with van der Waals surface area (Å²) in [4.78, 5) is 15.0. The smallest absolute Gasteiger partial charge is 0.342 e. The summed E-state index contributed by atoms with van der Waals surface area (Å²) >= 11 is 0. The second kappa shape index (κ2) is 4.65. The number of hydrogen-bond donors (Lipinski definition) is 1. The van der Waals surface area contributed by atoms with E-state index in [2.05, 4.69) is 4.98 Å². The first-order valence-corrected chi connectivity index (χ1v) is 6.11. The van der Waals surface area contributed by atoms with Crippen LogP contribution in [-0.2, 0) is 4.74 Å². The zero-order chi connectivity index (χ0) is 13.2. The first-order valence-electron chi connectivity index (χ1n) is 6.11. The third-order valence-electron chi connectivity index (χ3n) is 3.04. The van der Waals surface area contributed by atoms with Crippen LogP contribution in [0.5, 0.6) is 0 Å². The standard InChI is InChI=1S/C15H13NO3/c1-2-19-15(17)13-9-18-8-12(13)11-7-16-14-6-4-3-5-10(11)14/h3-9,16H,2H2,1H3. The van der Waals surface area contributed by atoms with Crippen LogP contribution in [0.15, 0.2) is 47.4 Å². The molecule has 1 aromatic carbocycles. The molecule has 4 heteroatoms. The number of esters is 1. The molecule has 0 aliphatic heterocycles. The predicted octanol–water partition coefficient (Wildman–Crippen LogP) is 3.60. The molecule has 0 aliphatic rings. The normalized spacial score (nSPS) is 10.8. The molecule has 0 fully saturated rings. The van der Waals surface area contributed by atoms with Gasteiger partial charge in [0, 0.05) is 28.2 Å². The fraction of sp³-hybridized carbons (Fsp3) is 0.133. The van der Waals surface area contributed by atoms with Crippen LogP contribution < -0.4 is 0 Å². The fourth-order valence-corrected chi connectivity index (χ4v) is 2.17. The summed E-state index contributed by atoms with van der Waals surface area (Å²) in [5.41, 5.74) is 3.16. The van der Waals surface area contributed by atoms with Crippen LogP contribution in [0, 0.1) is 0 Å². The van der Waals surface area contributed by atoms with E-state index < -0.39 is 0 Å². The number of para-hydroxylation sites is 1. The summed E-state index contributed by atoms with van der Waals surface area (Å²) in [5.74, 6) is -0.364. The van der Waals surface area contributed by atoms with E-state index in [0.717, 1.165) is 22.0 Å². The van der Waals surface area contributed by atoms with Crippen molar-refractivity contribution in [2.45, 2.75) is 6.92 Å². The number of hydrogen-bond acceptors (Lipinski definition) is 3. The molecule has 4 nitrogen and oxygen atoms in total. The Labute approximate surface area is 110 Å². The highest BCUT2D eigenvalue weighted by atomic mass is 16.5. The van der Waals surface area contributed by atoms with Crippen molar-refractivity contribution in [3.63, 3.8) is 0 Å². The number of carbonyl (C=O) groups excluding carboxylic acids is 1. The Kier molecular flexibility index (Phi) is 2.83. The molecule has 3 aromatic rings. The molecule has 0 saturated carbocycles. The van der Waals surface area contributed by atoms with E-state index in [0.29, 0.717) is 12.2 Å². The Morgan fingerprint density at radius 2 is 2.11 bits per heavy atom. The molecule has 2 heterocycles. The van der Waals surface area contributed by atoms with Crippen molar-refractivity contribution in [1.82, 2.24) is 4.98 Å². The van der Waals surface area contributed by atoms with Crippen LogP contribution in [0.4, 0.5) is 0 Å². The Balaban J connectivity index is 2.12. The molecule has 0 saturated heterocycles. The fourth-order valence-electron chi connectivity index (χ4n) is 2.17. The lowest BCUT2D eigenvalue weighted by molar-refractivity contribution is 0.0526. The molecule has 0 amide bonds. The Bertz CT molecular complexity index is 724. The first-order chi connectivity index (χ1) is 9.31. The van der Waals surface area contributed by atoms with E-state index in [1.54, 1.807) is 13.2 Å². The van der Waals surface area contributed by atoms with Crippen molar-refractivity contribution in [3.8, 4) is 11.1 Å². The lowest BCUT2D eigenvalue weighted by atomic mass is 10.0. The number of nitrogens with one attached hydrogen (secondary N) is 1. The monoisotopic (exact) mass is 255 g/mol. The first kappa shape index (κ1) is 11.6. The quantitative estimate of drug-likeness (QED) is 0.727. The van der Waals surface area contributed by atoms with Crippen LogP contribution in [0.2, 0.25) is 0 Å². The van der Waals surface area contributed by atoms with E-state index in [4.69, 9.17) is 9.15 Å². The highest BCUT2D eigenvalue weighted by Gasteiger charge is 2.18. The summed E-state index contributed by atoms with van der Waals surface area (Å²) in [6.45, 7) is 2.13. The van der Waals surface area contributed by atoms with Gasteiger partial charge >= 0.3 is 5.97 Å².